The van der Waals surface area contributed by atoms with Gasteiger partial charge in [0.05, 0.1) is 5.69 Å². The Morgan fingerprint density at radius 1 is 1.10 bits per heavy atom. The Balaban J connectivity index is 2.78. The first-order valence-corrected chi connectivity index (χ1v) is 8.98. The third-order valence-electron chi connectivity index (χ3n) is 2.87. The second kappa shape index (κ2) is 6.60. The summed E-state index contributed by atoms with van der Waals surface area (Å²) in [6, 6.07) is 14.2. The summed E-state index contributed by atoms with van der Waals surface area (Å²) in [6.45, 7) is 1.84. The average Bonchev–Trinajstić information content (AvgIpc) is 2.47. The average molecular weight is 342 g/mol. The zero-order chi connectivity index (χ0) is 15.5. The number of nitrogens with zero attached hydrogens (tertiary/aromatic N) is 1. The van der Waals surface area contributed by atoms with Gasteiger partial charge >= 0.3 is 0 Å². The molecule has 0 N–H and O–H groups in total. The van der Waals surface area contributed by atoms with Crippen LogP contribution in [0.15, 0.2) is 58.4 Å². The minimum absolute atomic E-state index is 0.0443. The van der Waals surface area contributed by atoms with Crippen LogP contribution in [0.1, 0.15) is 13.3 Å². The van der Waals surface area contributed by atoms with Crippen molar-refractivity contribution >= 4 is 42.2 Å². The quantitative estimate of drug-likeness (QED) is 0.582. The number of aliphatic imine (C=N–C) groups is 1. The van der Waals surface area contributed by atoms with E-state index in [-0.39, 0.29) is 10.6 Å². The number of halogens is 2. The van der Waals surface area contributed by atoms with E-state index in [2.05, 4.69) is 4.99 Å². The summed E-state index contributed by atoms with van der Waals surface area (Å²) < 4.78 is 23.5. The molecule has 0 aliphatic carbocycles. The third-order valence-corrected chi connectivity index (χ3v) is 4.58. The van der Waals surface area contributed by atoms with E-state index in [0.29, 0.717) is 17.2 Å². The first-order chi connectivity index (χ1) is 9.93. The monoisotopic (exact) mass is 341 g/mol. The van der Waals surface area contributed by atoms with Gasteiger partial charge < -0.3 is 0 Å². The Kier molecular flexibility index (Phi) is 5.04. The molecule has 0 radical (unpaired) electrons. The molecule has 2 rings (SSSR count). The van der Waals surface area contributed by atoms with Crippen molar-refractivity contribution in [2.45, 2.75) is 18.2 Å². The first-order valence-electron chi connectivity index (χ1n) is 6.29. The maximum atomic E-state index is 11.8. The summed E-state index contributed by atoms with van der Waals surface area (Å²) in [7, 11) is 1.60. The highest BCUT2D eigenvalue weighted by molar-refractivity contribution is 8.13. The molecule has 0 atom stereocenters. The molecule has 3 nitrogen and oxygen atoms in total. The van der Waals surface area contributed by atoms with Gasteiger partial charge in [-0.1, -0.05) is 61.0 Å². The van der Waals surface area contributed by atoms with Crippen molar-refractivity contribution < 1.29 is 8.42 Å². The molecule has 0 unspecified atom stereocenters. The summed E-state index contributed by atoms with van der Waals surface area (Å²) in [4.78, 5) is 4.19. The summed E-state index contributed by atoms with van der Waals surface area (Å²) in [5, 5.41) is 0.319. The lowest BCUT2D eigenvalue weighted by molar-refractivity contribution is 0.610. The Morgan fingerprint density at radius 3 is 2.33 bits per heavy atom. The summed E-state index contributed by atoms with van der Waals surface area (Å²) in [5.74, 6) is 0. The number of benzene rings is 2. The van der Waals surface area contributed by atoms with E-state index in [1.807, 2.05) is 37.3 Å². The van der Waals surface area contributed by atoms with E-state index in [1.54, 1.807) is 12.1 Å². The largest absolute Gasteiger partial charge is 0.263 e. The number of rotatable bonds is 4. The van der Waals surface area contributed by atoms with Crippen LogP contribution in [0.25, 0.3) is 11.1 Å². The molecule has 0 saturated carbocycles. The fourth-order valence-corrected chi connectivity index (χ4v) is 2.97. The normalized spacial score (nSPS) is 12.4. The lowest BCUT2D eigenvalue weighted by Gasteiger charge is -2.10. The Hall–Kier alpha value is -1.36. The molecule has 110 valence electrons. The molecule has 0 aliphatic heterocycles. The van der Waals surface area contributed by atoms with E-state index < -0.39 is 9.05 Å². The fourth-order valence-electron chi connectivity index (χ4n) is 1.89. The summed E-state index contributed by atoms with van der Waals surface area (Å²) in [6.07, 6.45) is 0.506. The van der Waals surface area contributed by atoms with E-state index in [1.165, 1.54) is 6.07 Å². The van der Waals surface area contributed by atoms with Crippen molar-refractivity contribution in [2.24, 2.45) is 4.99 Å². The fraction of sp³-hybridized carbons (Fsp3) is 0.133. The van der Waals surface area contributed by atoms with E-state index >= 15 is 0 Å². The highest BCUT2D eigenvalue weighted by atomic mass is 35.7. The highest BCUT2D eigenvalue weighted by Gasteiger charge is 2.19. The van der Waals surface area contributed by atoms with Gasteiger partial charge in [-0.25, -0.2) is 13.4 Å². The summed E-state index contributed by atoms with van der Waals surface area (Å²) in [5.41, 5.74) is 1.79. The molecule has 0 heterocycles. The summed E-state index contributed by atoms with van der Waals surface area (Å²) >= 11 is 5.99. The highest BCUT2D eigenvalue weighted by Crippen LogP contribution is 2.37. The van der Waals surface area contributed by atoms with E-state index in [4.69, 9.17) is 22.3 Å². The predicted octanol–water partition coefficient (Wildman–Crippen LogP) is 4.96. The van der Waals surface area contributed by atoms with Crippen molar-refractivity contribution in [3.8, 4) is 11.1 Å². The maximum absolute atomic E-state index is 11.8. The van der Waals surface area contributed by atoms with Gasteiger partial charge in [-0.05, 0) is 18.1 Å². The standard InChI is InChI=1S/C15H13Cl2NO2S/c1-2-14(16)18-15-12(11-7-4-3-5-8-11)9-6-10-13(15)21(17,19)20/h3-10H,2H2,1H3. The van der Waals surface area contributed by atoms with Crippen LogP contribution in [0.2, 0.25) is 0 Å². The van der Waals surface area contributed by atoms with Gasteiger partial charge in [-0.3, -0.25) is 0 Å². The van der Waals surface area contributed by atoms with E-state index in [0.717, 1.165) is 5.56 Å². The van der Waals surface area contributed by atoms with Crippen molar-refractivity contribution in [3.05, 3.63) is 48.5 Å². The van der Waals surface area contributed by atoms with Gasteiger partial charge in [0.25, 0.3) is 9.05 Å². The van der Waals surface area contributed by atoms with Gasteiger partial charge in [0, 0.05) is 16.2 Å². The molecule has 0 aliphatic rings. The van der Waals surface area contributed by atoms with Crippen LogP contribution < -0.4 is 0 Å². The molecule has 6 heteroatoms. The molecule has 0 spiro atoms. The van der Waals surface area contributed by atoms with Gasteiger partial charge in [-0.2, -0.15) is 0 Å². The predicted molar refractivity (Wildman–Crippen MR) is 88.2 cm³/mol. The topological polar surface area (TPSA) is 46.5 Å². The first kappa shape index (κ1) is 16.0. The van der Waals surface area contributed by atoms with Crippen LogP contribution in [0.5, 0.6) is 0 Å². The smallest absolute Gasteiger partial charge is 0.239 e. The second-order valence-electron chi connectivity index (χ2n) is 4.30. The molecular weight excluding hydrogens is 329 g/mol. The Morgan fingerprint density at radius 2 is 1.76 bits per heavy atom. The molecule has 21 heavy (non-hydrogen) atoms. The van der Waals surface area contributed by atoms with Crippen LogP contribution in [-0.2, 0) is 9.05 Å². The molecular formula is C15H13Cl2NO2S. The van der Waals surface area contributed by atoms with Gasteiger partial charge in [0.1, 0.15) is 10.1 Å². The van der Waals surface area contributed by atoms with Crippen LogP contribution in [0.3, 0.4) is 0 Å². The van der Waals surface area contributed by atoms with Gasteiger partial charge in [0.2, 0.25) is 0 Å². The maximum Gasteiger partial charge on any atom is 0.263 e. The zero-order valence-corrected chi connectivity index (χ0v) is 13.6. The number of hydrogen-bond donors (Lipinski definition) is 0. The molecule has 0 fully saturated rings. The Bertz CT molecular complexity index is 772. The third kappa shape index (κ3) is 3.84. The number of para-hydroxylation sites is 1. The Labute approximate surface area is 133 Å². The second-order valence-corrected chi connectivity index (χ2v) is 7.27. The van der Waals surface area contributed by atoms with Crippen LogP contribution in [0.4, 0.5) is 5.69 Å². The van der Waals surface area contributed by atoms with Crippen molar-refractivity contribution in [3.63, 3.8) is 0 Å². The molecule has 0 saturated heterocycles. The molecule has 0 bridgehead atoms. The molecule has 2 aromatic carbocycles. The van der Waals surface area contributed by atoms with Gasteiger partial charge in [0.15, 0.2) is 0 Å². The minimum atomic E-state index is -3.91. The van der Waals surface area contributed by atoms with Crippen molar-refractivity contribution in [1.29, 1.82) is 0 Å². The van der Waals surface area contributed by atoms with Crippen molar-refractivity contribution in [1.82, 2.24) is 0 Å². The van der Waals surface area contributed by atoms with Crippen molar-refractivity contribution in [2.75, 3.05) is 0 Å². The lowest BCUT2D eigenvalue weighted by atomic mass is 10.0. The van der Waals surface area contributed by atoms with Gasteiger partial charge in [-0.15, -0.1) is 0 Å². The molecule has 2 aromatic rings. The zero-order valence-electron chi connectivity index (χ0n) is 11.3. The van der Waals surface area contributed by atoms with Crippen LogP contribution >= 0.6 is 22.3 Å². The van der Waals surface area contributed by atoms with E-state index in [9.17, 15) is 8.42 Å². The van der Waals surface area contributed by atoms with Crippen LogP contribution in [-0.4, -0.2) is 13.6 Å². The lowest BCUT2D eigenvalue weighted by Crippen LogP contribution is -1.94. The number of hydrogen-bond acceptors (Lipinski definition) is 3. The SMILES string of the molecule is CCC(Cl)=Nc1c(-c2ccccc2)cccc1S(=O)(=O)Cl. The van der Waals surface area contributed by atoms with Crippen LogP contribution in [0, 0.1) is 0 Å². The molecule has 0 amide bonds. The minimum Gasteiger partial charge on any atom is -0.239 e. The molecule has 0 aromatic heterocycles.